The molecule has 2 aliphatic rings. The van der Waals surface area contributed by atoms with Gasteiger partial charge in [-0.25, -0.2) is 0 Å². The fourth-order valence-electron chi connectivity index (χ4n) is 3.76. The largest absolute Gasteiger partial charge is 0.381 e. The number of hydrogen-bond donors (Lipinski definition) is 1. The molecule has 3 rings (SSSR count). The van der Waals surface area contributed by atoms with E-state index in [1.165, 1.54) is 0 Å². The highest BCUT2D eigenvalue weighted by molar-refractivity contribution is 5.95. The van der Waals surface area contributed by atoms with Crippen molar-refractivity contribution in [2.45, 2.75) is 25.8 Å². The molecule has 138 valence electrons. The van der Waals surface area contributed by atoms with Gasteiger partial charge in [-0.3, -0.25) is 19.2 Å². The van der Waals surface area contributed by atoms with Gasteiger partial charge in [0.1, 0.15) is 0 Å². The lowest BCUT2D eigenvalue weighted by atomic mass is 10.0. The van der Waals surface area contributed by atoms with Crippen LogP contribution >= 0.6 is 0 Å². The van der Waals surface area contributed by atoms with Crippen LogP contribution in [0.3, 0.4) is 0 Å². The molecule has 0 saturated carbocycles. The number of carbonyl (C=O) groups is 2. The number of carbonyl (C=O) groups excluding carboxylic acids is 2. The highest BCUT2D eigenvalue weighted by Gasteiger charge is 2.33. The van der Waals surface area contributed by atoms with Gasteiger partial charge >= 0.3 is 0 Å². The van der Waals surface area contributed by atoms with Crippen LogP contribution in [0.4, 0.5) is 0 Å². The summed E-state index contributed by atoms with van der Waals surface area (Å²) >= 11 is 0. The highest BCUT2D eigenvalue weighted by atomic mass is 16.5. The molecule has 1 aromatic heterocycles. The van der Waals surface area contributed by atoms with E-state index < -0.39 is 0 Å². The van der Waals surface area contributed by atoms with E-state index in [2.05, 4.69) is 10.00 Å². The SMILES string of the molecule is Cc1nn(C)cc1C(=O)N1CCN(C2CCOCC2)C[C@H](C(N)=O)C1. The topological polar surface area (TPSA) is 93.7 Å². The molecule has 2 aliphatic heterocycles. The fourth-order valence-corrected chi connectivity index (χ4v) is 3.76. The molecule has 8 heteroatoms. The van der Waals surface area contributed by atoms with Gasteiger partial charge in [0.2, 0.25) is 5.91 Å². The maximum atomic E-state index is 12.9. The molecule has 2 N–H and O–H groups in total. The quantitative estimate of drug-likeness (QED) is 0.813. The average Bonchev–Trinajstić information content (AvgIpc) is 2.81. The summed E-state index contributed by atoms with van der Waals surface area (Å²) in [5.41, 5.74) is 6.91. The first-order chi connectivity index (χ1) is 12.0. The van der Waals surface area contributed by atoms with Crippen molar-refractivity contribution in [2.24, 2.45) is 18.7 Å². The minimum atomic E-state index is -0.355. The molecule has 8 nitrogen and oxygen atoms in total. The molecule has 0 aliphatic carbocycles. The van der Waals surface area contributed by atoms with Crippen molar-refractivity contribution in [3.05, 3.63) is 17.5 Å². The van der Waals surface area contributed by atoms with Crippen molar-refractivity contribution < 1.29 is 14.3 Å². The van der Waals surface area contributed by atoms with Gasteiger partial charge in [0.05, 0.1) is 17.2 Å². The van der Waals surface area contributed by atoms with Crippen LogP contribution in [-0.4, -0.2) is 76.8 Å². The van der Waals surface area contributed by atoms with Crippen molar-refractivity contribution >= 4 is 11.8 Å². The third-order valence-corrected chi connectivity index (χ3v) is 5.19. The number of hydrogen-bond acceptors (Lipinski definition) is 5. The van der Waals surface area contributed by atoms with E-state index in [4.69, 9.17) is 10.5 Å². The lowest BCUT2D eigenvalue weighted by Gasteiger charge is -2.34. The Morgan fingerprint density at radius 2 is 1.96 bits per heavy atom. The maximum Gasteiger partial charge on any atom is 0.257 e. The molecular formula is C17H27N5O3. The molecule has 2 fully saturated rings. The molecule has 0 spiro atoms. The van der Waals surface area contributed by atoms with Gasteiger partial charge in [-0.1, -0.05) is 0 Å². The maximum absolute atomic E-state index is 12.9. The van der Waals surface area contributed by atoms with Crippen molar-refractivity contribution in [1.82, 2.24) is 19.6 Å². The summed E-state index contributed by atoms with van der Waals surface area (Å²) in [4.78, 5) is 28.9. The molecule has 25 heavy (non-hydrogen) atoms. The number of amides is 2. The third-order valence-electron chi connectivity index (χ3n) is 5.19. The summed E-state index contributed by atoms with van der Waals surface area (Å²) in [6, 6.07) is 0.394. The summed E-state index contributed by atoms with van der Waals surface area (Å²) in [5, 5.41) is 4.25. The Hall–Kier alpha value is -1.93. The van der Waals surface area contributed by atoms with E-state index in [0.29, 0.717) is 36.9 Å². The number of ether oxygens (including phenoxy) is 1. The first-order valence-electron chi connectivity index (χ1n) is 8.86. The summed E-state index contributed by atoms with van der Waals surface area (Å²) < 4.78 is 7.08. The van der Waals surface area contributed by atoms with E-state index in [9.17, 15) is 9.59 Å². The van der Waals surface area contributed by atoms with Gasteiger partial charge in [-0.15, -0.1) is 0 Å². The molecule has 2 amide bonds. The van der Waals surface area contributed by atoms with E-state index >= 15 is 0 Å². The van der Waals surface area contributed by atoms with E-state index in [-0.39, 0.29) is 17.7 Å². The second-order valence-electron chi connectivity index (χ2n) is 6.99. The third kappa shape index (κ3) is 4.01. The first-order valence-corrected chi connectivity index (χ1v) is 8.86. The van der Waals surface area contributed by atoms with Gasteiger partial charge in [-0.05, 0) is 19.8 Å². The molecule has 2 saturated heterocycles. The number of nitrogens with two attached hydrogens (primary N) is 1. The Kier molecular flexibility index (Phi) is 5.39. The Labute approximate surface area is 147 Å². The molecule has 0 unspecified atom stereocenters. The summed E-state index contributed by atoms with van der Waals surface area (Å²) in [5.74, 6) is -0.781. The number of aromatic nitrogens is 2. The number of rotatable bonds is 3. The van der Waals surface area contributed by atoms with Crippen LogP contribution in [0.25, 0.3) is 0 Å². The highest BCUT2D eigenvalue weighted by Crippen LogP contribution is 2.20. The zero-order valence-electron chi connectivity index (χ0n) is 15.0. The lowest BCUT2D eigenvalue weighted by molar-refractivity contribution is -0.122. The molecule has 0 aromatic carbocycles. The van der Waals surface area contributed by atoms with Gasteiger partial charge < -0.3 is 15.4 Å². The second-order valence-corrected chi connectivity index (χ2v) is 6.99. The van der Waals surface area contributed by atoms with Gasteiger partial charge in [0.15, 0.2) is 0 Å². The fraction of sp³-hybridized carbons (Fsp3) is 0.706. The molecular weight excluding hydrogens is 322 g/mol. The van der Waals surface area contributed by atoms with E-state index in [1.54, 1.807) is 22.8 Å². The van der Waals surface area contributed by atoms with Crippen LogP contribution in [0, 0.1) is 12.8 Å². The number of primary amides is 1. The minimum Gasteiger partial charge on any atom is -0.381 e. The van der Waals surface area contributed by atoms with Crippen LogP contribution in [0.5, 0.6) is 0 Å². The Morgan fingerprint density at radius 3 is 2.56 bits per heavy atom. The van der Waals surface area contributed by atoms with Crippen molar-refractivity contribution in [1.29, 1.82) is 0 Å². The Balaban J connectivity index is 1.76. The summed E-state index contributed by atoms with van der Waals surface area (Å²) in [6.07, 6.45) is 3.65. The molecule has 0 radical (unpaired) electrons. The Morgan fingerprint density at radius 1 is 1.24 bits per heavy atom. The lowest BCUT2D eigenvalue weighted by Crippen LogP contribution is -2.44. The molecule has 1 aromatic rings. The minimum absolute atomic E-state index is 0.0781. The smallest absolute Gasteiger partial charge is 0.257 e. The molecule has 0 bridgehead atoms. The second kappa shape index (κ2) is 7.53. The summed E-state index contributed by atoms with van der Waals surface area (Å²) in [6.45, 7) is 5.64. The zero-order valence-corrected chi connectivity index (χ0v) is 15.0. The average molecular weight is 349 g/mol. The monoisotopic (exact) mass is 349 g/mol. The zero-order chi connectivity index (χ0) is 18.0. The Bertz CT molecular complexity index is 638. The predicted molar refractivity (Wildman–Crippen MR) is 91.9 cm³/mol. The van der Waals surface area contributed by atoms with E-state index in [1.807, 2.05) is 6.92 Å². The van der Waals surface area contributed by atoms with Gasteiger partial charge in [0.25, 0.3) is 5.91 Å². The standard InChI is InChI=1S/C17H27N5O3/c1-12-15(11-20(2)19-12)17(24)22-6-5-21(9-13(10-22)16(18)23)14-3-7-25-8-4-14/h11,13-14H,3-10H2,1-2H3,(H2,18,23)/t13-/m0/s1. The van der Waals surface area contributed by atoms with Crippen molar-refractivity contribution in [3.63, 3.8) is 0 Å². The summed E-state index contributed by atoms with van der Waals surface area (Å²) in [7, 11) is 1.80. The van der Waals surface area contributed by atoms with Crippen LogP contribution in [0.2, 0.25) is 0 Å². The van der Waals surface area contributed by atoms with Crippen LogP contribution < -0.4 is 5.73 Å². The van der Waals surface area contributed by atoms with Crippen molar-refractivity contribution in [2.75, 3.05) is 39.4 Å². The van der Waals surface area contributed by atoms with Crippen molar-refractivity contribution in [3.8, 4) is 0 Å². The van der Waals surface area contributed by atoms with Gasteiger partial charge in [0, 0.05) is 58.7 Å². The van der Waals surface area contributed by atoms with Crippen LogP contribution in [-0.2, 0) is 16.6 Å². The number of nitrogens with zero attached hydrogens (tertiary/aromatic N) is 4. The predicted octanol–water partition coefficient (Wildman–Crippen LogP) is -0.233. The molecule has 1 atom stereocenters. The van der Waals surface area contributed by atoms with E-state index in [0.717, 1.165) is 32.6 Å². The normalized spacial score (nSPS) is 23.4. The van der Waals surface area contributed by atoms with Crippen LogP contribution in [0.1, 0.15) is 28.9 Å². The van der Waals surface area contributed by atoms with Gasteiger partial charge in [-0.2, -0.15) is 5.10 Å². The number of aryl methyl sites for hydroxylation is 2. The molecule has 3 heterocycles. The van der Waals surface area contributed by atoms with Crippen LogP contribution in [0.15, 0.2) is 6.20 Å². The first kappa shape index (κ1) is 17.9.